The lowest BCUT2D eigenvalue weighted by Gasteiger charge is -2.17. The van der Waals surface area contributed by atoms with E-state index in [1.165, 1.54) is 0 Å². The highest BCUT2D eigenvalue weighted by atomic mass is 16.2. The molecule has 118 valence electrons. The van der Waals surface area contributed by atoms with Gasteiger partial charge in [0.15, 0.2) is 0 Å². The first-order valence-corrected chi connectivity index (χ1v) is 7.41. The van der Waals surface area contributed by atoms with Crippen LogP contribution in [0, 0.1) is 11.8 Å². The Morgan fingerprint density at radius 2 is 1.82 bits per heavy atom. The molecule has 1 aromatic rings. The number of carbonyl (C=O) groups is 2. The van der Waals surface area contributed by atoms with Crippen LogP contribution in [0.25, 0.3) is 0 Å². The summed E-state index contributed by atoms with van der Waals surface area (Å²) >= 11 is 0. The molecule has 0 heterocycles. The normalized spacial score (nSPS) is 12.3. The molecule has 0 aliphatic carbocycles. The van der Waals surface area contributed by atoms with Crippen molar-refractivity contribution in [1.29, 1.82) is 0 Å². The van der Waals surface area contributed by atoms with Gasteiger partial charge in [0.25, 0.3) is 0 Å². The fourth-order valence-corrected chi connectivity index (χ4v) is 1.58. The zero-order chi connectivity index (χ0) is 16.4. The van der Waals surface area contributed by atoms with E-state index in [-0.39, 0.29) is 18.5 Å². The van der Waals surface area contributed by atoms with Gasteiger partial charge in [-0.15, -0.1) is 0 Å². The molecule has 0 bridgehead atoms. The molecule has 2 atom stereocenters. The number of amides is 3. The molecule has 1 rings (SSSR count). The summed E-state index contributed by atoms with van der Waals surface area (Å²) in [5.41, 5.74) is 0.894. The van der Waals surface area contributed by atoms with E-state index >= 15 is 0 Å². The Bertz CT molecular complexity index is 546. The number of rotatable bonds is 5. The SMILES string of the molecule is CC[C@H](C)NC(=O)[C@H](C)NC(=O)NCC#Cc1ccccc1. The van der Waals surface area contributed by atoms with Crippen LogP contribution in [0.4, 0.5) is 4.79 Å². The molecule has 0 unspecified atom stereocenters. The van der Waals surface area contributed by atoms with Gasteiger partial charge in [0.2, 0.25) is 5.91 Å². The van der Waals surface area contributed by atoms with E-state index in [4.69, 9.17) is 0 Å². The fraction of sp³-hybridized carbons (Fsp3) is 0.412. The predicted octanol–water partition coefficient (Wildman–Crippen LogP) is 1.64. The summed E-state index contributed by atoms with van der Waals surface area (Å²) in [5.74, 6) is 5.60. The van der Waals surface area contributed by atoms with Gasteiger partial charge < -0.3 is 16.0 Å². The highest BCUT2D eigenvalue weighted by molar-refractivity contribution is 5.86. The summed E-state index contributed by atoms with van der Waals surface area (Å²) in [6.45, 7) is 5.78. The van der Waals surface area contributed by atoms with Crippen LogP contribution in [0.3, 0.4) is 0 Å². The molecular weight excluding hydrogens is 278 g/mol. The molecule has 3 N–H and O–H groups in total. The van der Waals surface area contributed by atoms with Gasteiger partial charge in [0.05, 0.1) is 6.54 Å². The van der Waals surface area contributed by atoms with Gasteiger partial charge in [-0.3, -0.25) is 4.79 Å². The molecule has 1 aromatic carbocycles. The van der Waals surface area contributed by atoms with Crippen LogP contribution in [0.15, 0.2) is 30.3 Å². The summed E-state index contributed by atoms with van der Waals surface area (Å²) in [6, 6.07) is 8.62. The summed E-state index contributed by atoms with van der Waals surface area (Å²) < 4.78 is 0. The van der Waals surface area contributed by atoms with Crippen LogP contribution in [0.2, 0.25) is 0 Å². The zero-order valence-electron chi connectivity index (χ0n) is 13.3. The zero-order valence-corrected chi connectivity index (χ0v) is 13.3. The number of urea groups is 1. The lowest BCUT2D eigenvalue weighted by atomic mass is 10.2. The molecule has 0 radical (unpaired) electrons. The van der Waals surface area contributed by atoms with Crippen LogP contribution in [-0.4, -0.2) is 30.6 Å². The Balaban J connectivity index is 2.31. The van der Waals surface area contributed by atoms with Gasteiger partial charge >= 0.3 is 6.03 Å². The number of carbonyl (C=O) groups excluding carboxylic acids is 2. The largest absolute Gasteiger partial charge is 0.352 e. The number of hydrogen-bond donors (Lipinski definition) is 3. The quantitative estimate of drug-likeness (QED) is 0.724. The van der Waals surface area contributed by atoms with E-state index in [0.29, 0.717) is 0 Å². The first-order chi connectivity index (χ1) is 10.5. The molecule has 0 aliphatic heterocycles. The molecule has 0 aliphatic rings. The van der Waals surface area contributed by atoms with Gasteiger partial charge in [-0.25, -0.2) is 4.79 Å². The van der Waals surface area contributed by atoms with Gasteiger partial charge in [-0.05, 0) is 32.4 Å². The molecule has 0 spiro atoms. The second-order valence-electron chi connectivity index (χ2n) is 5.03. The van der Waals surface area contributed by atoms with Gasteiger partial charge in [-0.2, -0.15) is 0 Å². The maximum atomic E-state index is 11.8. The molecule has 3 amide bonds. The highest BCUT2D eigenvalue weighted by Gasteiger charge is 2.16. The van der Waals surface area contributed by atoms with Crippen molar-refractivity contribution >= 4 is 11.9 Å². The Morgan fingerprint density at radius 1 is 1.14 bits per heavy atom. The average molecular weight is 301 g/mol. The lowest BCUT2D eigenvalue weighted by molar-refractivity contribution is -0.123. The first-order valence-electron chi connectivity index (χ1n) is 7.41. The van der Waals surface area contributed by atoms with Gasteiger partial charge in [0, 0.05) is 11.6 Å². The summed E-state index contributed by atoms with van der Waals surface area (Å²) in [6.07, 6.45) is 0.847. The second-order valence-corrected chi connectivity index (χ2v) is 5.03. The molecule has 0 aromatic heterocycles. The maximum absolute atomic E-state index is 11.8. The van der Waals surface area contributed by atoms with Crippen molar-refractivity contribution in [3.63, 3.8) is 0 Å². The van der Waals surface area contributed by atoms with Crippen molar-refractivity contribution in [2.45, 2.75) is 39.3 Å². The Morgan fingerprint density at radius 3 is 2.45 bits per heavy atom. The van der Waals surface area contributed by atoms with Crippen LogP contribution < -0.4 is 16.0 Å². The molecule has 5 nitrogen and oxygen atoms in total. The number of hydrogen-bond acceptors (Lipinski definition) is 2. The third kappa shape index (κ3) is 6.80. The van der Waals surface area contributed by atoms with Crippen molar-refractivity contribution in [3.05, 3.63) is 35.9 Å². The van der Waals surface area contributed by atoms with E-state index in [9.17, 15) is 9.59 Å². The highest BCUT2D eigenvalue weighted by Crippen LogP contribution is 1.94. The molecule has 0 fully saturated rings. The summed E-state index contributed by atoms with van der Waals surface area (Å²) in [4.78, 5) is 23.4. The number of nitrogens with one attached hydrogen (secondary N) is 3. The summed E-state index contributed by atoms with van der Waals surface area (Å²) in [7, 11) is 0. The average Bonchev–Trinajstić information content (AvgIpc) is 2.52. The van der Waals surface area contributed by atoms with Gasteiger partial charge in [0.1, 0.15) is 6.04 Å². The van der Waals surface area contributed by atoms with Crippen LogP contribution in [0.1, 0.15) is 32.8 Å². The fourth-order valence-electron chi connectivity index (χ4n) is 1.58. The maximum Gasteiger partial charge on any atom is 0.316 e. The van der Waals surface area contributed by atoms with E-state index in [1.54, 1.807) is 6.92 Å². The molecule has 5 heteroatoms. The molecule has 22 heavy (non-hydrogen) atoms. The van der Waals surface area contributed by atoms with Crippen LogP contribution >= 0.6 is 0 Å². The molecule has 0 saturated heterocycles. The Hall–Kier alpha value is -2.48. The van der Waals surface area contributed by atoms with Crippen LogP contribution in [-0.2, 0) is 4.79 Å². The van der Waals surface area contributed by atoms with Crippen molar-refractivity contribution in [3.8, 4) is 11.8 Å². The third-order valence-electron chi connectivity index (χ3n) is 3.09. The monoisotopic (exact) mass is 301 g/mol. The van der Waals surface area contributed by atoms with Gasteiger partial charge in [-0.1, -0.05) is 37.0 Å². The Kier molecular flexibility index (Phi) is 7.55. The Labute approximate surface area is 131 Å². The topological polar surface area (TPSA) is 70.2 Å². The van der Waals surface area contributed by atoms with Crippen molar-refractivity contribution in [2.75, 3.05) is 6.54 Å². The first kappa shape index (κ1) is 17.6. The predicted molar refractivity (Wildman–Crippen MR) is 87.2 cm³/mol. The van der Waals surface area contributed by atoms with Crippen molar-refractivity contribution in [1.82, 2.24) is 16.0 Å². The van der Waals surface area contributed by atoms with Crippen molar-refractivity contribution < 1.29 is 9.59 Å². The third-order valence-corrected chi connectivity index (χ3v) is 3.09. The minimum absolute atomic E-state index is 0.0940. The summed E-state index contributed by atoms with van der Waals surface area (Å²) in [5, 5.41) is 7.99. The van der Waals surface area contributed by atoms with Crippen LogP contribution in [0.5, 0.6) is 0 Å². The van der Waals surface area contributed by atoms with E-state index in [0.717, 1.165) is 12.0 Å². The number of benzene rings is 1. The van der Waals surface area contributed by atoms with E-state index < -0.39 is 12.1 Å². The van der Waals surface area contributed by atoms with Crippen molar-refractivity contribution in [2.24, 2.45) is 0 Å². The smallest absolute Gasteiger partial charge is 0.316 e. The lowest BCUT2D eigenvalue weighted by Crippen LogP contribution is -2.50. The standard InChI is InChI=1S/C17H23N3O2/c1-4-13(2)19-16(21)14(3)20-17(22)18-12-8-11-15-9-6-5-7-10-15/h5-7,9-10,13-14H,4,12H2,1-3H3,(H,19,21)(H2,18,20,22)/t13-,14-/m0/s1. The molecule has 0 saturated carbocycles. The second kappa shape index (κ2) is 9.46. The molecular formula is C17H23N3O2. The minimum Gasteiger partial charge on any atom is -0.352 e. The minimum atomic E-state index is -0.587. The van der Waals surface area contributed by atoms with E-state index in [1.807, 2.05) is 44.2 Å². The van der Waals surface area contributed by atoms with E-state index in [2.05, 4.69) is 27.8 Å².